The molecule has 2 N–H and O–H groups in total. The van der Waals surface area contributed by atoms with Crippen LogP contribution in [0.25, 0.3) is 0 Å². The summed E-state index contributed by atoms with van der Waals surface area (Å²) in [6, 6.07) is 1.64. The minimum absolute atomic E-state index is 0.295. The fraction of sp³-hybridized carbons (Fsp3) is 0.308. The molecule has 1 aromatic carbocycles. The van der Waals surface area contributed by atoms with Crippen molar-refractivity contribution >= 4 is 15.7 Å². The molecule has 0 radical (unpaired) electrons. The fourth-order valence-corrected chi connectivity index (χ4v) is 2.83. The molecule has 1 heterocycles. The molecule has 0 atom stereocenters. The molecule has 0 unspecified atom stereocenters. The second kappa shape index (κ2) is 5.91. The lowest BCUT2D eigenvalue weighted by atomic mass is 10.2. The maximum Gasteiger partial charge on any atom is 0.281 e. The van der Waals surface area contributed by atoms with Crippen molar-refractivity contribution in [2.45, 2.75) is 25.4 Å². The Morgan fingerprint density at radius 2 is 2.05 bits per heavy atom. The van der Waals surface area contributed by atoms with Crippen molar-refractivity contribution in [1.29, 1.82) is 0 Å². The third kappa shape index (κ3) is 3.35. The van der Waals surface area contributed by atoms with Gasteiger partial charge in [0.25, 0.3) is 10.0 Å². The predicted octanol–water partition coefficient (Wildman–Crippen LogP) is 2.32. The van der Waals surface area contributed by atoms with Gasteiger partial charge in [0.05, 0.1) is 12.0 Å². The monoisotopic (exact) mass is 331 g/mol. The van der Waals surface area contributed by atoms with Crippen LogP contribution in [0.1, 0.15) is 13.8 Å². The van der Waals surface area contributed by atoms with Gasteiger partial charge in [0.1, 0.15) is 0 Å². The zero-order valence-electron chi connectivity index (χ0n) is 11.9. The molecule has 0 aliphatic heterocycles. The summed E-state index contributed by atoms with van der Waals surface area (Å²) in [6.45, 7) is 4.50. The largest absolute Gasteiger partial charge is 0.503 e. The van der Waals surface area contributed by atoms with Gasteiger partial charge in [0, 0.05) is 12.7 Å². The first-order valence-electron chi connectivity index (χ1n) is 6.42. The van der Waals surface area contributed by atoms with E-state index in [1.165, 1.54) is 12.5 Å². The Morgan fingerprint density at radius 1 is 1.36 bits per heavy atom. The lowest BCUT2D eigenvalue weighted by molar-refractivity contribution is 0.397. The maximum atomic E-state index is 13.6. The van der Waals surface area contributed by atoms with Gasteiger partial charge in [-0.3, -0.25) is 4.72 Å². The number of phenols is 1. The fourth-order valence-electron chi connectivity index (χ4n) is 1.82. The van der Waals surface area contributed by atoms with E-state index in [1.54, 1.807) is 4.57 Å². The van der Waals surface area contributed by atoms with E-state index in [0.29, 0.717) is 12.5 Å². The summed E-state index contributed by atoms with van der Waals surface area (Å²) in [5.74, 6) is -3.51. The number of hydrogen-bond donors (Lipinski definition) is 2. The van der Waals surface area contributed by atoms with Gasteiger partial charge in [-0.1, -0.05) is 13.8 Å². The van der Waals surface area contributed by atoms with Crippen LogP contribution in [0.2, 0.25) is 0 Å². The molecule has 0 aliphatic carbocycles. The van der Waals surface area contributed by atoms with Crippen molar-refractivity contribution in [3.8, 4) is 5.75 Å². The van der Waals surface area contributed by atoms with Crippen molar-refractivity contribution in [1.82, 2.24) is 9.55 Å². The minimum atomic E-state index is -4.14. The summed E-state index contributed by atoms with van der Waals surface area (Å²) in [7, 11) is -4.14. The minimum Gasteiger partial charge on any atom is -0.503 e. The normalized spacial score (nSPS) is 11.9. The molecule has 120 valence electrons. The Hall–Kier alpha value is -2.16. The van der Waals surface area contributed by atoms with Gasteiger partial charge >= 0.3 is 0 Å². The molecule has 9 heteroatoms. The zero-order valence-corrected chi connectivity index (χ0v) is 12.7. The number of nitrogens with zero attached hydrogens (tertiary/aromatic N) is 2. The van der Waals surface area contributed by atoms with Gasteiger partial charge in [0.15, 0.2) is 22.4 Å². The van der Waals surface area contributed by atoms with Gasteiger partial charge in [-0.25, -0.2) is 13.8 Å². The average Bonchev–Trinajstić information content (AvgIpc) is 2.88. The van der Waals surface area contributed by atoms with Gasteiger partial charge in [-0.05, 0) is 18.1 Å². The number of aromatic hydroxyl groups is 1. The van der Waals surface area contributed by atoms with E-state index in [2.05, 4.69) is 4.98 Å². The van der Waals surface area contributed by atoms with Gasteiger partial charge in [-0.15, -0.1) is 0 Å². The van der Waals surface area contributed by atoms with Gasteiger partial charge < -0.3 is 9.67 Å². The van der Waals surface area contributed by atoms with Crippen molar-refractivity contribution in [2.75, 3.05) is 4.72 Å². The van der Waals surface area contributed by atoms with Crippen LogP contribution in [0.15, 0.2) is 29.7 Å². The number of phenolic OH excluding ortho intramolecular Hbond substituents is 1. The van der Waals surface area contributed by atoms with Gasteiger partial charge in [-0.2, -0.15) is 8.42 Å². The van der Waals surface area contributed by atoms with Crippen molar-refractivity contribution in [3.05, 3.63) is 36.3 Å². The third-order valence-corrected chi connectivity index (χ3v) is 4.02. The van der Waals surface area contributed by atoms with Crippen LogP contribution in [0.5, 0.6) is 5.75 Å². The molecule has 0 fully saturated rings. The standard InChI is InChI=1S/C13H15F2N3O3S/c1-8(2)5-18-6-11(16-7-18)22(20,21)17-10-4-3-9(14)13(19)12(10)15/h3-4,6-8,17,19H,5H2,1-2H3. The quantitative estimate of drug-likeness (QED) is 0.881. The molecule has 0 aliphatic rings. The first-order valence-corrected chi connectivity index (χ1v) is 7.90. The van der Waals surface area contributed by atoms with Crippen LogP contribution in [0.4, 0.5) is 14.5 Å². The highest BCUT2D eigenvalue weighted by atomic mass is 32.2. The van der Waals surface area contributed by atoms with Crippen molar-refractivity contribution < 1.29 is 22.3 Å². The number of imidazole rings is 1. The molecular formula is C13H15F2N3O3S. The number of benzene rings is 1. The molecule has 2 rings (SSSR count). The summed E-state index contributed by atoms with van der Waals surface area (Å²) < 4.78 is 54.4. The molecule has 22 heavy (non-hydrogen) atoms. The van der Waals surface area contributed by atoms with E-state index in [4.69, 9.17) is 5.11 Å². The topological polar surface area (TPSA) is 84.2 Å². The smallest absolute Gasteiger partial charge is 0.281 e. The average molecular weight is 331 g/mol. The van der Waals surface area contributed by atoms with E-state index in [1.807, 2.05) is 18.6 Å². The molecule has 6 nitrogen and oxygen atoms in total. The molecule has 0 spiro atoms. The highest BCUT2D eigenvalue weighted by molar-refractivity contribution is 7.92. The second-order valence-corrected chi connectivity index (χ2v) is 6.79. The Morgan fingerprint density at radius 3 is 2.68 bits per heavy atom. The van der Waals surface area contributed by atoms with Gasteiger partial charge in [0.2, 0.25) is 0 Å². The Labute approximate surface area is 126 Å². The Kier molecular flexibility index (Phi) is 4.36. The molecule has 0 amide bonds. The highest BCUT2D eigenvalue weighted by Gasteiger charge is 2.21. The maximum absolute atomic E-state index is 13.6. The number of sulfonamides is 1. The van der Waals surface area contributed by atoms with Crippen LogP contribution < -0.4 is 4.72 Å². The van der Waals surface area contributed by atoms with E-state index in [9.17, 15) is 17.2 Å². The molecular weight excluding hydrogens is 316 g/mol. The first-order chi connectivity index (χ1) is 10.2. The number of halogens is 2. The molecule has 2 aromatic rings. The number of rotatable bonds is 5. The summed E-state index contributed by atoms with van der Waals surface area (Å²) in [6.07, 6.45) is 2.66. The number of hydrogen-bond acceptors (Lipinski definition) is 4. The first kappa shape index (κ1) is 16.2. The summed E-state index contributed by atoms with van der Waals surface area (Å²) in [4.78, 5) is 3.76. The van der Waals surface area contributed by atoms with Crippen LogP contribution in [0.3, 0.4) is 0 Å². The van der Waals surface area contributed by atoms with E-state index >= 15 is 0 Å². The highest BCUT2D eigenvalue weighted by Crippen LogP contribution is 2.28. The lowest BCUT2D eigenvalue weighted by Gasteiger charge is -2.08. The number of anilines is 1. The van der Waals surface area contributed by atoms with Crippen LogP contribution in [-0.4, -0.2) is 23.1 Å². The number of aromatic nitrogens is 2. The Bertz CT molecular complexity index is 788. The summed E-state index contributed by atoms with van der Waals surface area (Å²) >= 11 is 0. The Balaban J connectivity index is 2.28. The molecule has 0 bridgehead atoms. The van der Waals surface area contributed by atoms with Crippen molar-refractivity contribution in [2.24, 2.45) is 5.92 Å². The third-order valence-electron chi connectivity index (χ3n) is 2.77. The SMILES string of the molecule is CC(C)Cn1cnc(S(=O)(=O)Nc2ccc(F)c(O)c2F)c1. The van der Waals surface area contributed by atoms with Crippen molar-refractivity contribution in [3.63, 3.8) is 0 Å². The molecule has 0 saturated carbocycles. The molecule has 0 saturated heterocycles. The van der Waals surface area contributed by atoms with E-state index < -0.39 is 33.1 Å². The predicted molar refractivity (Wildman–Crippen MR) is 75.9 cm³/mol. The van der Waals surface area contributed by atoms with E-state index in [0.717, 1.165) is 12.1 Å². The van der Waals surface area contributed by atoms with Crippen LogP contribution in [0, 0.1) is 17.6 Å². The van der Waals surface area contributed by atoms with E-state index in [-0.39, 0.29) is 5.03 Å². The van der Waals surface area contributed by atoms with Crippen LogP contribution >= 0.6 is 0 Å². The van der Waals surface area contributed by atoms with Crippen LogP contribution in [-0.2, 0) is 16.6 Å². The number of nitrogens with one attached hydrogen (secondary N) is 1. The summed E-state index contributed by atoms with van der Waals surface area (Å²) in [5, 5.41) is 8.86. The second-order valence-electron chi connectivity index (χ2n) is 5.17. The molecule has 1 aromatic heterocycles. The summed E-state index contributed by atoms with van der Waals surface area (Å²) in [5.41, 5.74) is -0.558. The lowest BCUT2D eigenvalue weighted by Crippen LogP contribution is -2.14. The zero-order chi connectivity index (χ0) is 16.5.